The first-order valence-corrected chi connectivity index (χ1v) is 10.5. The largest absolute Gasteiger partial charge is 0.496 e. The molecule has 3 aromatic rings. The Labute approximate surface area is 177 Å². The number of pyridine rings is 1. The van der Waals surface area contributed by atoms with Crippen LogP contribution in [0.3, 0.4) is 0 Å². The number of ether oxygens (including phenoxy) is 1. The van der Waals surface area contributed by atoms with E-state index in [1.54, 1.807) is 13.2 Å². The lowest BCUT2D eigenvalue weighted by atomic mass is 9.79. The van der Waals surface area contributed by atoms with Crippen molar-refractivity contribution in [3.63, 3.8) is 0 Å². The molecule has 0 saturated heterocycles. The second kappa shape index (κ2) is 9.11. The summed E-state index contributed by atoms with van der Waals surface area (Å²) in [5.41, 5.74) is 4.14. The van der Waals surface area contributed by atoms with Crippen LogP contribution in [-0.4, -0.2) is 34.3 Å². The van der Waals surface area contributed by atoms with Crippen molar-refractivity contribution in [1.82, 2.24) is 20.1 Å². The van der Waals surface area contributed by atoms with E-state index in [9.17, 15) is 4.79 Å². The van der Waals surface area contributed by atoms with Crippen molar-refractivity contribution in [2.24, 2.45) is 13.0 Å². The van der Waals surface area contributed by atoms with Crippen molar-refractivity contribution >= 4 is 5.91 Å². The van der Waals surface area contributed by atoms with Crippen LogP contribution in [0.5, 0.6) is 5.75 Å². The molecule has 0 radical (unpaired) electrons. The number of carbonyl (C=O) groups excluding carboxylic acids is 1. The third kappa shape index (κ3) is 4.37. The molecule has 0 aliphatic heterocycles. The monoisotopic (exact) mass is 404 g/mol. The second-order valence-electron chi connectivity index (χ2n) is 7.97. The minimum absolute atomic E-state index is 0.0701. The molecule has 1 N–H and O–H groups in total. The van der Waals surface area contributed by atoms with E-state index in [1.165, 1.54) is 16.8 Å². The smallest absolute Gasteiger partial charge is 0.255 e. The van der Waals surface area contributed by atoms with Gasteiger partial charge in [0.1, 0.15) is 5.75 Å². The van der Waals surface area contributed by atoms with Gasteiger partial charge in [0.25, 0.3) is 5.91 Å². The molecule has 0 atom stereocenters. The molecule has 1 saturated carbocycles. The third-order valence-electron chi connectivity index (χ3n) is 5.99. The number of nitrogens with one attached hydrogen (secondary N) is 1. The molecule has 1 aliphatic carbocycles. The number of hydrogen-bond donors (Lipinski definition) is 1. The lowest BCUT2D eigenvalue weighted by Crippen LogP contribution is -2.31. The average molecular weight is 405 g/mol. The number of hydrogen-bond acceptors (Lipinski definition) is 4. The topological polar surface area (TPSA) is 69.0 Å². The van der Waals surface area contributed by atoms with Crippen LogP contribution in [0, 0.1) is 5.92 Å². The molecule has 1 fully saturated rings. The summed E-state index contributed by atoms with van der Waals surface area (Å²) in [6.45, 7) is 0.697. The number of aromatic nitrogens is 3. The van der Waals surface area contributed by atoms with Gasteiger partial charge in [0.05, 0.1) is 18.4 Å². The van der Waals surface area contributed by atoms with Crippen LogP contribution >= 0.6 is 0 Å². The number of rotatable bonds is 6. The highest BCUT2D eigenvalue weighted by molar-refractivity contribution is 5.96. The van der Waals surface area contributed by atoms with Crippen LogP contribution in [-0.2, 0) is 7.05 Å². The zero-order chi connectivity index (χ0) is 20.9. The van der Waals surface area contributed by atoms with Gasteiger partial charge in [-0.1, -0.05) is 12.1 Å². The maximum absolute atomic E-state index is 12.5. The van der Waals surface area contributed by atoms with E-state index in [1.807, 2.05) is 54.5 Å². The molecular formula is C24H28N4O2. The molecule has 2 heterocycles. The molecular weight excluding hydrogens is 376 g/mol. The third-order valence-corrected chi connectivity index (χ3v) is 5.99. The fourth-order valence-corrected chi connectivity index (χ4v) is 4.37. The van der Waals surface area contributed by atoms with Crippen molar-refractivity contribution in [2.45, 2.75) is 31.6 Å². The average Bonchev–Trinajstić information content (AvgIpc) is 3.20. The Morgan fingerprint density at radius 2 is 1.87 bits per heavy atom. The quantitative estimate of drug-likeness (QED) is 0.669. The number of nitrogens with zero attached hydrogens (tertiary/aromatic N) is 3. The molecule has 30 heavy (non-hydrogen) atoms. The molecule has 0 bridgehead atoms. The van der Waals surface area contributed by atoms with Crippen LogP contribution in [0.4, 0.5) is 0 Å². The van der Waals surface area contributed by atoms with Gasteiger partial charge in [-0.3, -0.25) is 14.5 Å². The zero-order valence-corrected chi connectivity index (χ0v) is 17.5. The van der Waals surface area contributed by atoms with E-state index in [0.717, 1.165) is 25.7 Å². The molecule has 6 nitrogen and oxygen atoms in total. The number of aryl methyl sites for hydroxylation is 1. The standard InChI is InChI=1S/C24H28N4O2/c1-28-16-21(18-11-13-25-14-12-18)23(27-28)19-9-7-17(8-10-19)15-26-24(29)20-5-3-4-6-22(20)30-2/h3-6,11-14,16-17,19H,7-10,15H2,1-2H3,(H,26,29). The predicted molar refractivity (Wildman–Crippen MR) is 116 cm³/mol. The zero-order valence-electron chi connectivity index (χ0n) is 17.5. The maximum atomic E-state index is 12.5. The molecule has 4 rings (SSSR count). The first-order chi connectivity index (χ1) is 14.7. The lowest BCUT2D eigenvalue weighted by Gasteiger charge is -2.28. The Morgan fingerprint density at radius 3 is 2.60 bits per heavy atom. The van der Waals surface area contributed by atoms with Crippen LogP contribution in [0.1, 0.15) is 47.7 Å². The van der Waals surface area contributed by atoms with E-state index in [2.05, 4.69) is 16.5 Å². The van der Waals surface area contributed by atoms with Crippen molar-refractivity contribution in [3.8, 4) is 16.9 Å². The minimum atomic E-state index is -0.0701. The van der Waals surface area contributed by atoms with Crippen molar-refractivity contribution in [1.29, 1.82) is 0 Å². The summed E-state index contributed by atoms with van der Waals surface area (Å²) in [6, 6.07) is 11.4. The SMILES string of the molecule is COc1ccccc1C(=O)NCC1CCC(c2nn(C)cc2-c2ccncc2)CC1. The Bertz CT molecular complexity index is 991. The molecule has 0 spiro atoms. The van der Waals surface area contributed by atoms with E-state index in [4.69, 9.17) is 9.84 Å². The van der Waals surface area contributed by atoms with Gasteiger partial charge in [-0.2, -0.15) is 5.10 Å². The normalized spacial score (nSPS) is 18.7. The van der Waals surface area contributed by atoms with Gasteiger partial charge in [0, 0.05) is 43.7 Å². The molecule has 156 valence electrons. The Morgan fingerprint density at radius 1 is 1.13 bits per heavy atom. The Kier molecular flexibility index (Phi) is 6.12. The van der Waals surface area contributed by atoms with Crippen LogP contribution in [0.2, 0.25) is 0 Å². The van der Waals surface area contributed by atoms with Crippen molar-refractivity contribution < 1.29 is 9.53 Å². The van der Waals surface area contributed by atoms with Crippen molar-refractivity contribution in [3.05, 3.63) is 66.2 Å². The second-order valence-corrected chi connectivity index (χ2v) is 7.97. The molecule has 1 aliphatic rings. The Balaban J connectivity index is 1.35. The van der Waals surface area contributed by atoms with E-state index in [-0.39, 0.29) is 5.91 Å². The summed E-state index contributed by atoms with van der Waals surface area (Å²) in [7, 11) is 3.57. The highest BCUT2D eigenvalue weighted by Gasteiger charge is 2.27. The van der Waals surface area contributed by atoms with E-state index in [0.29, 0.717) is 29.7 Å². The van der Waals surface area contributed by atoms with Gasteiger partial charge in [0.2, 0.25) is 0 Å². The fourth-order valence-electron chi connectivity index (χ4n) is 4.37. The first kappa shape index (κ1) is 20.1. The molecule has 1 aromatic carbocycles. The van der Waals surface area contributed by atoms with Crippen LogP contribution < -0.4 is 10.1 Å². The fraction of sp³-hybridized carbons (Fsp3) is 0.375. The summed E-state index contributed by atoms with van der Waals surface area (Å²) in [4.78, 5) is 16.7. The molecule has 6 heteroatoms. The number of amides is 1. The van der Waals surface area contributed by atoms with Gasteiger partial charge in [-0.25, -0.2) is 0 Å². The number of para-hydroxylation sites is 1. The van der Waals surface area contributed by atoms with Gasteiger partial charge >= 0.3 is 0 Å². The molecule has 1 amide bonds. The maximum Gasteiger partial charge on any atom is 0.255 e. The highest BCUT2D eigenvalue weighted by atomic mass is 16.5. The summed E-state index contributed by atoms with van der Waals surface area (Å²) >= 11 is 0. The Hall–Kier alpha value is -3.15. The van der Waals surface area contributed by atoms with Gasteiger partial charge in [-0.05, 0) is 61.4 Å². The predicted octanol–water partition coefficient (Wildman–Crippen LogP) is 4.19. The van der Waals surface area contributed by atoms with Gasteiger partial charge in [0.15, 0.2) is 0 Å². The molecule has 2 aromatic heterocycles. The first-order valence-electron chi connectivity index (χ1n) is 10.5. The van der Waals surface area contributed by atoms with E-state index < -0.39 is 0 Å². The number of carbonyl (C=O) groups is 1. The van der Waals surface area contributed by atoms with Crippen LogP contribution in [0.25, 0.3) is 11.1 Å². The minimum Gasteiger partial charge on any atom is -0.496 e. The molecule has 0 unspecified atom stereocenters. The highest BCUT2D eigenvalue weighted by Crippen LogP contribution is 2.39. The van der Waals surface area contributed by atoms with Crippen LogP contribution in [0.15, 0.2) is 55.0 Å². The number of methoxy groups -OCH3 is 1. The van der Waals surface area contributed by atoms with Crippen molar-refractivity contribution in [2.75, 3.05) is 13.7 Å². The van der Waals surface area contributed by atoms with E-state index >= 15 is 0 Å². The van der Waals surface area contributed by atoms with Gasteiger partial charge in [-0.15, -0.1) is 0 Å². The summed E-state index contributed by atoms with van der Waals surface area (Å²) in [5, 5.41) is 7.88. The summed E-state index contributed by atoms with van der Waals surface area (Å²) in [5.74, 6) is 1.49. The summed E-state index contributed by atoms with van der Waals surface area (Å²) < 4.78 is 7.20. The lowest BCUT2D eigenvalue weighted by molar-refractivity contribution is 0.0940. The number of benzene rings is 1. The van der Waals surface area contributed by atoms with Gasteiger partial charge < -0.3 is 10.1 Å². The summed E-state index contributed by atoms with van der Waals surface area (Å²) in [6.07, 6.45) is 10.1.